The minimum atomic E-state index is -0.129. The predicted molar refractivity (Wildman–Crippen MR) is 79.5 cm³/mol. The van der Waals surface area contributed by atoms with Crippen LogP contribution >= 0.6 is 0 Å². The number of aryl methyl sites for hydroxylation is 1. The smallest absolute Gasteiger partial charge is 0.243 e. The summed E-state index contributed by atoms with van der Waals surface area (Å²) in [6, 6.07) is 16.7. The van der Waals surface area contributed by atoms with Gasteiger partial charge in [-0.1, -0.05) is 23.8 Å². The van der Waals surface area contributed by atoms with Crippen LogP contribution in [0.2, 0.25) is 0 Å². The molecule has 100 valence electrons. The van der Waals surface area contributed by atoms with Gasteiger partial charge in [0.2, 0.25) is 5.91 Å². The maximum absolute atomic E-state index is 11.8. The van der Waals surface area contributed by atoms with Crippen molar-refractivity contribution in [1.82, 2.24) is 0 Å². The molecule has 0 atom stereocenters. The average molecular weight is 265 g/mol. The quantitative estimate of drug-likeness (QED) is 0.893. The normalized spacial score (nSPS) is 9.60. The number of nitriles is 1. The third kappa shape index (κ3) is 3.85. The van der Waals surface area contributed by atoms with E-state index in [1.54, 1.807) is 18.2 Å². The van der Waals surface area contributed by atoms with Crippen molar-refractivity contribution in [2.75, 3.05) is 17.2 Å². The molecule has 2 aromatic carbocycles. The Balaban J connectivity index is 1.89. The van der Waals surface area contributed by atoms with Crippen molar-refractivity contribution in [3.63, 3.8) is 0 Å². The molecule has 4 heteroatoms. The van der Waals surface area contributed by atoms with Gasteiger partial charge in [0, 0.05) is 11.4 Å². The van der Waals surface area contributed by atoms with Crippen LogP contribution in [0.15, 0.2) is 48.5 Å². The number of hydrogen-bond donors (Lipinski definition) is 2. The Morgan fingerprint density at radius 1 is 1.15 bits per heavy atom. The van der Waals surface area contributed by atoms with Gasteiger partial charge in [0.25, 0.3) is 0 Å². The molecule has 0 aliphatic carbocycles. The van der Waals surface area contributed by atoms with Crippen LogP contribution in [-0.2, 0) is 4.79 Å². The highest BCUT2D eigenvalue weighted by Crippen LogP contribution is 2.10. The van der Waals surface area contributed by atoms with Crippen molar-refractivity contribution in [2.24, 2.45) is 0 Å². The number of rotatable bonds is 4. The van der Waals surface area contributed by atoms with Gasteiger partial charge in [0.15, 0.2) is 0 Å². The lowest BCUT2D eigenvalue weighted by Crippen LogP contribution is -2.21. The van der Waals surface area contributed by atoms with Gasteiger partial charge in [-0.3, -0.25) is 4.79 Å². The summed E-state index contributed by atoms with van der Waals surface area (Å²) in [7, 11) is 0. The summed E-state index contributed by atoms with van der Waals surface area (Å²) in [4.78, 5) is 11.8. The van der Waals surface area contributed by atoms with Crippen molar-refractivity contribution in [3.8, 4) is 6.07 Å². The van der Waals surface area contributed by atoms with E-state index in [-0.39, 0.29) is 12.5 Å². The van der Waals surface area contributed by atoms with Gasteiger partial charge in [0.1, 0.15) is 0 Å². The number of benzene rings is 2. The summed E-state index contributed by atoms with van der Waals surface area (Å²) in [5.41, 5.74) is 3.24. The Morgan fingerprint density at radius 3 is 2.60 bits per heavy atom. The number of amides is 1. The molecule has 4 nitrogen and oxygen atoms in total. The molecule has 0 aromatic heterocycles. The topological polar surface area (TPSA) is 64.9 Å². The van der Waals surface area contributed by atoms with Crippen LogP contribution in [0.3, 0.4) is 0 Å². The molecular weight excluding hydrogens is 250 g/mol. The predicted octanol–water partition coefficient (Wildman–Crippen LogP) is 2.92. The lowest BCUT2D eigenvalue weighted by atomic mass is 10.2. The number of carbonyl (C=O) groups excluding carboxylic acids is 1. The molecular formula is C16H15N3O. The molecule has 0 fully saturated rings. The summed E-state index contributed by atoms with van der Waals surface area (Å²) in [5, 5.41) is 14.6. The standard InChI is InChI=1S/C16H15N3O/c1-12-5-7-14(8-6-12)19-16(20)11-18-15-4-2-3-13(9-15)10-17/h2-9,18H,11H2,1H3,(H,19,20). The summed E-state index contributed by atoms with van der Waals surface area (Å²) in [6.07, 6.45) is 0. The molecule has 0 unspecified atom stereocenters. The highest BCUT2D eigenvalue weighted by atomic mass is 16.1. The van der Waals surface area contributed by atoms with Crippen molar-refractivity contribution in [1.29, 1.82) is 5.26 Å². The summed E-state index contributed by atoms with van der Waals surface area (Å²) in [6.45, 7) is 2.15. The van der Waals surface area contributed by atoms with Crippen molar-refractivity contribution in [3.05, 3.63) is 59.7 Å². The van der Waals surface area contributed by atoms with Crippen LogP contribution in [-0.4, -0.2) is 12.5 Å². The van der Waals surface area contributed by atoms with Crippen LogP contribution in [0.25, 0.3) is 0 Å². The van der Waals surface area contributed by atoms with Crippen LogP contribution in [0.4, 0.5) is 11.4 Å². The van der Waals surface area contributed by atoms with Crippen LogP contribution < -0.4 is 10.6 Å². The summed E-state index contributed by atoms with van der Waals surface area (Å²) in [5.74, 6) is -0.129. The molecule has 0 radical (unpaired) electrons. The average Bonchev–Trinajstić information content (AvgIpc) is 2.48. The van der Waals surface area contributed by atoms with E-state index >= 15 is 0 Å². The zero-order valence-electron chi connectivity index (χ0n) is 11.2. The molecule has 1 amide bonds. The fourth-order valence-electron chi connectivity index (χ4n) is 1.72. The second-order valence-corrected chi connectivity index (χ2v) is 4.46. The van der Waals surface area contributed by atoms with E-state index in [0.717, 1.165) is 16.9 Å². The van der Waals surface area contributed by atoms with Crippen LogP contribution in [0.5, 0.6) is 0 Å². The third-order valence-electron chi connectivity index (χ3n) is 2.78. The third-order valence-corrected chi connectivity index (χ3v) is 2.78. The van der Waals surface area contributed by atoms with E-state index < -0.39 is 0 Å². The molecule has 20 heavy (non-hydrogen) atoms. The van der Waals surface area contributed by atoms with E-state index in [2.05, 4.69) is 16.7 Å². The lowest BCUT2D eigenvalue weighted by Gasteiger charge is -2.08. The lowest BCUT2D eigenvalue weighted by molar-refractivity contribution is -0.114. The molecule has 0 saturated carbocycles. The van der Waals surface area contributed by atoms with Gasteiger partial charge < -0.3 is 10.6 Å². The number of nitrogens with zero attached hydrogens (tertiary/aromatic N) is 1. The summed E-state index contributed by atoms with van der Waals surface area (Å²) >= 11 is 0. The Hall–Kier alpha value is -2.80. The molecule has 0 aliphatic heterocycles. The number of carbonyl (C=O) groups is 1. The Labute approximate surface area is 118 Å². The molecule has 0 aliphatic rings. The molecule has 0 saturated heterocycles. The van der Waals surface area contributed by atoms with Crippen molar-refractivity contribution < 1.29 is 4.79 Å². The van der Waals surface area contributed by atoms with Crippen molar-refractivity contribution >= 4 is 17.3 Å². The molecule has 0 bridgehead atoms. The fourth-order valence-corrected chi connectivity index (χ4v) is 1.72. The van der Waals surface area contributed by atoms with Crippen LogP contribution in [0, 0.1) is 18.3 Å². The first-order valence-corrected chi connectivity index (χ1v) is 6.28. The van der Waals surface area contributed by atoms with E-state index in [0.29, 0.717) is 5.56 Å². The first-order valence-electron chi connectivity index (χ1n) is 6.28. The Kier molecular flexibility index (Phi) is 4.35. The molecule has 0 spiro atoms. The molecule has 2 aromatic rings. The summed E-state index contributed by atoms with van der Waals surface area (Å²) < 4.78 is 0. The highest BCUT2D eigenvalue weighted by Gasteiger charge is 2.02. The second kappa shape index (κ2) is 6.39. The second-order valence-electron chi connectivity index (χ2n) is 4.46. The van der Waals surface area contributed by atoms with E-state index in [9.17, 15) is 4.79 Å². The highest BCUT2D eigenvalue weighted by molar-refractivity contribution is 5.93. The van der Waals surface area contributed by atoms with Gasteiger partial charge in [-0.15, -0.1) is 0 Å². The monoisotopic (exact) mass is 265 g/mol. The van der Waals surface area contributed by atoms with Gasteiger partial charge in [-0.25, -0.2) is 0 Å². The first-order chi connectivity index (χ1) is 9.67. The largest absolute Gasteiger partial charge is 0.376 e. The fraction of sp³-hybridized carbons (Fsp3) is 0.125. The Bertz CT molecular complexity index is 642. The number of anilines is 2. The zero-order valence-corrected chi connectivity index (χ0v) is 11.2. The van der Waals surface area contributed by atoms with Gasteiger partial charge in [0.05, 0.1) is 18.2 Å². The molecule has 2 N–H and O–H groups in total. The van der Waals surface area contributed by atoms with Gasteiger partial charge in [-0.2, -0.15) is 5.26 Å². The minimum Gasteiger partial charge on any atom is -0.376 e. The van der Waals surface area contributed by atoms with Gasteiger partial charge in [-0.05, 0) is 37.3 Å². The van der Waals surface area contributed by atoms with Crippen molar-refractivity contribution in [2.45, 2.75) is 6.92 Å². The minimum absolute atomic E-state index is 0.129. The number of hydrogen-bond acceptors (Lipinski definition) is 3. The van der Waals surface area contributed by atoms with E-state index in [4.69, 9.17) is 5.26 Å². The number of nitrogens with one attached hydrogen (secondary N) is 2. The maximum Gasteiger partial charge on any atom is 0.243 e. The zero-order chi connectivity index (χ0) is 14.4. The van der Waals surface area contributed by atoms with E-state index in [1.165, 1.54) is 0 Å². The van der Waals surface area contributed by atoms with Crippen LogP contribution in [0.1, 0.15) is 11.1 Å². The first kappa shape index (κ1) is 13.6. The maximum atomic E-state index is 11.8. The SMILES string of the molecule is Cc1ccc(NC(=O)CNc2cccc(C#N)c2)cc1. The molecule has 2 rings (SSSR count). The van der Waals surface area contributed by atoms with Gasteiger partial charge >= 0.3 is 0 Å². The Morgan fingerprint density at radius 2 is 1.90 bits per heavy atom. The molecule has 0 heterocycles. The van der Waals surface area contributed by atoms with E-state index in [1.807, 2.05) is 37.3 Å².